The van der Waals surface area contributed by atoms with Gasteiger partial charge in [0.2, 0.25) is 0 Å². The Bertz CT molecular complexity index is 608. The predicted molar refractivity (Wildman–Crippen MR) is 101 cm³/mol. The molecule has 0 saturated carbocycles. The van der Waals surface area contributed by atoms with E-state index in [0.29, 0.717) is 19.8 Å². The van der Waals surface area contributed by atoms with E-state index >= 15 is 0 Å². The van der Waals surface area contributed by atoms with Gasteiger partial charge in [-0.1, -0.05) is 30.3 Å². The van der Waals surface area contributed by atoms with Gasteiger partial charge in [-0.15, -0.1) is 0 Å². The minimum absolute atomic E-state index is 0.173. The maximum absolute atomic E-state index is 10.9. The summed E-state index contributed by atoms with van der Waals surface area (Å²) in [6.07, 6.45) is -0.964. The third-order valence-corrected chi connectivity index (χ3v) is 5.45. The number of fused-ring (bicyclic) bond motifs is 1. The van der Waals surface area contributed by atoms with E-state index in [1.807, 2.05) is 30.3 Å². The van der Waals surface area contributed by atoms with Gasteiger partial charge < -0.3 is 38.3 Å². The molecule has 2 unspecified atom stereocenters. The largest absolute Gasteiger partial charge is 0.387 e. The van der Waals surface area contributed by atoms with Crippen LogP contribution < -0.4 is 0 Å². The molecule has 0 spiro atoms. The summed E-state index contributed by atoms with van der Waals surface area (Å²) in [6.45, 7) is 1.70. The first kappa shape index (κ1) is 21.1. The molecule has 0 radical (unpaired) electrons. The fraction of sp³-hybridized carbons (Fsp3) is 0.714. The molecule has 8 heteroatoms. The Morgan fingerprint density at radius 1 is 1.03 bits per heavy atom. The first-order chi connectivity index (χ1) is 14.3. The van der Waals surface area contributed by atoms with E-state index in [-0.39, 0.29) is 6.29 Å². The molecule has 0 aromatic heterocycles. The molecule has 8 nitrogen and oxygen atoms in total. The zero-order valence-electron chi connectivity index (χ0n) is 16.7. The molecule has 3 aliphatic rings. The van der Waals surface area contributed by atoms with Crippen LogP contribution in [0.3, 0.4) is 0 Å². The molecule has 1 aromatic carbocycles. The maximum atomic E-state index is 10.9. The molecule has 29 heavy (non-hydrogen) atoms. The van der Waals surface area contributed by atoms with Crippen LogP contribution in [0.15, 0.2) is 30.3 Å². The highest BCUT2D eigenvalue weighted by Crippen LogP contribution is 2.35. The van der Waals surface area contributed by atoms with Gasteiger partial charge in [-0.2, -0.15) is 0 Å². The lowest BCUT2D eigenvalue weighted by atomic mass is 9.97. The Hall–Kier alpha value is -1.10. The minimum Gasteiger partial charge on any atom is -0.387 e. The van der Waals surface area contributed by atoms with E-state index in [2.05, 4.69) is 0 Å². The highest BCUT2D eigenvalue weighted by Gasteiger charge is 2.50. The predicted octanol–water partition coefficient (Wildman–Crippen LogP) is 1.76. The van der Waals surface area contributed by atoms with Crippen molar-refractivity contribution in [2.75, 3.05) is 33.5 Å². The van der Waals surface area contributed by atoms with Crippen molar-refractivity contribution >= 4 is 0 Å². The van der Waals surface area contributed by atoms with Crippen molar-refractivity contribution in [3.63, 3.8) is 0 Å². The van der Waals surface area contributed by atoms with Crippen molar-refractivity contribution in [1.29, 1.82) is 0 Å². The number of aliphatic hydroxyl groups is 1. The van der Waals surface area contributed by atoms with Gasteiger partial charge in [-0.25, -0.2) is 0 Å². The van der Waals surface area contributed by atoms with Crippen molar-refractivity contribution in [3.05, 3.63) is 35.9 Å². The van der Waals surface area contributed by atoms with E-state index < -0.39 is 37.0 Å². The summed E-state index contributed by atoms with van der Waals surface area (Å²) in [7, 11) is 1.53. The Labute approximate surface area is 170 Å². The van der Waals surface area contributed by atoms with Crippen LogP contribution in [-0.2, 0) is 33.2 Å². The van der Waals surface area contributed by atoms with Crippen LogP contribution in [0.2, 0.25) is 0 Å². The van der Waals surface area contributed by atoms with Gasteiger partial charge in [0.05, 0.1) is 19.8 Å². The topological polar surface area (TPSA) is 84.8 Å². The number of benzene rings is 1. The number of ether oxygens (including phenoxy) is 7. The number of rotatable bonds is 7. The minimum atomic E-state index is -0.917. The third-order valence-electron chi connectivity index (χ3n) is 5.45. The summed E-state index contributed by atoms with van der Waals surface area (Å²) in [5, 5.41) is 10.9. The molecule has 1 aromatic rings. The second kappa shape index (κ2) is 10.3. The van der Waals surface area contributed by atoms with Gasteiger partial charge in [-0.05, 0) is 19.3 Å². The van der Waals surface area contributed by atoms with Crippen LogP contribution in [0, 0.1) is 0 Å². The molecule has 0 aliphatic carbocycles. The molecule has 4 rings (SSSR count). The van der Waals surface area contributed by atoms with E-state index in [9.17, 15) is 5.11 Å². The normalized spacial score (nSPS) is 37.8. The van der Waals surface area contributed by atoms with Crippen LogP contribution in [0.4, 0.5) is 0 Å². The average molecular weight is 410 g/mol. The van der Waals surface area contributed by atoms with Crippen molar-refractivity contribution in [2.45, 2.75) is 62.5 Å². The Morgan fingerprint density at radius 2 is 1.86 bits per heavy atom. The van der Waals surface area contributed by atoms with Gasteiger partial charge in [0, 0.05) is 19.3 Å². The fourth-order valence-electron chi connectivity index (χ4n) is 3.92. The lowest BCUT2D eigenvalue weighted by Crippen LogP contribution is -2.62. The van der Waals surface area contributed by atoms with Gasteiger partial charge in [0.1, 0.15) is 24.4 Å². The first-order valence-corrected chi connectivity index (χ1v) is 10.3. The van der Waals surface area contributed by atoms with Crippen LogP contribution >= 0.6 is 0 Å². The van der Waals surface area contributed by atoms with Gasteiger partial charge in [0.15, 0.2) is 18.9 Å². The van der Waals surface area contributed by atoms with Crippen LogP contribution in [0.5, 0.6) is 0 Å². The van der Waals surface area contributed by atoms with Gasteiger partial charge >= 0.3 is 0 Å². The fourth-order valence-corrected chi connectivity index (χ4v) is 3.92. The highest BCUT2D eigenvalue weighted by molar-refractivity contribution is 5.16. The zero-order chi connectivity index (χ0) is 20.1. The van der Waals surface area contributed by atoms with Gasteiger partial charge in [-0.3, -0.25) is 0 Å². The third kappa shape index (κ3) is 5.15. The lowest BCUT2D eigenvalue weighted by molar-refractivity contribution is -0.363. The van der Waals surface area contributed by atoms with E-state index in [1.54, 1.807) is 0 Å². The second-order valence-corrected chi connectivity index (χ2v) is 7.45. The standard InChI is InChI=1S/C21H30O8/c1-23-21-19(26-12-11-25-16-9-5-6-10-24-16)17(22)18-15(28-21)13-27-20(29-18)14-7-3-2-4-8-14/h2-4,7-8,15-22H,5-6,9-13H2,1H3/t15-,16?,17+,18-,19-,20?,21+/m1/s1. The Balaban J connectivity index is 1.32. The first-order valence-electron chi connectivity index (χ1n) is 10.3. The van der Waals surface area contributed by atoms with Crippen molar-refractivity contribution in [2.24, 2.45) is 0 Å². The van der Waals surface area contributed by atoms with Crippen LogP contribution in [-0.4, -0.2) is 75.6 Å². The van der Waals surface area contributed by atoms with Crippen molar-refractivity contribution in [1.82, 2.24) is 0 Å². The Morgan fingerprint density at radius 3 is 2.62 bits per heavy atom. The smallest absolute Gasteiger partial charge is 0.186 e. The van der Waals surface area contributed by atoms with Crippen LogP contribution in [0.25, 0.3) is 0 Å². The van der Waals surface area contributed by atoms with Gasteiger partial charge in [0.25, 0.3) is 0 Å². The maximum Gasteiger partial charge on any atom is 0.186 e. The molecular formula is C21H30O8. The number of hydrogen-bond donors (Lipinski definition) is 1. The summed E-state index contributed by atoms with van der Waals surface area (Å²) in [5.74, 6) is 0. The summed E-state index contributed by atoms with van der Waals surface area (Å²) in [5.41, 5.74) is 0.894. The summed E-state index contributed by atoms with van der Waals surface area (Å²) < 4.78 is 40.3. The molecule has 3 heterocycles. The Kier molecular flexibility index (Phi) is 7.49. The molecule has 0 bridgehead atoms. The molecule has 0 amide bonds. The van der Waals surface area contributed by atoms with Crippen molar-refractivity contribution < 1.29 is 38.3 Å². The molecule has 3 fully saturated rings. The SMILES string of the molecule is CO[C@H]1O[C@@H]2COC(c3ccccc3)O[C@H]2[C@H](O)[C@H]1OCCOC1CCCCO1. The summed E-state index contributed by atoms with van der Waals surface area (Å²) in [6, 6.07) is 9.63. The van der Waals surface area contributed by atoms with E-state index in [4.69, 9.17) is 33.2 Å². The number of methoxy groups -OCH3 is 1. The van der Waals surface area contributed by atoms with E-state index in [1.165, 1.54) is 7.11 Å². The molecule has 3 saturated heterocycles. The summed E-state index contributed by atoms with van der Waals surface area (Å²) in [4.78, 5) is 0. The number of aliphatic hydroxyl groups excluding tert-OH is 1. The molecule has 3 aliphatic heterocycles. The van der Waals surface area contributed by atoms with Crippen molar-refractivity contribution in [3.8, 4) is 0 Å². The van der Waals surface area contributed by atoms with Crippen LogP contribution in [0.1, 0.15) is 31.1 Å². The molecule has 162 valence electrons. The van der Waals surface area contributed by atoms with E-state index in [0.717, 1.165) is 31.4 Å². The molecular weight excluding hydrogens is 380 g/mol. The zero-order valence-corrected chi connectivity index (χ0v) is 16.7. The quantitative estimate of drug-likeness (QED) is 0.681. The average Bonchev–Trinajstić information content (AvgIpc) is 2.78. The number of hydrogen-bond acceptors (Lipinski definition) is 8. The second-order valence-electron chi connectivity index (χ2n) is 7.45. The molecule has 7 atom stereocenters. The lowest BCUT2D eigenvalue weighted by Gasteiger charge is -2.47. The monoisotopic (exact) mass is 410 g/mol. The summed E-state index contributed by atoms with van der Waals surface area (Å²) >= 11 is 0. The molecule has 1 N–H and O–H groups in total. The highest BCUT2D eigenvalue weighted by atomic mass is 16.8.